The zero-order valence-corrected chi connectivity index (χ0v) is 8.82. The molecule has 1 rings (SSSR count). The minimum Gasteiger partial charge on any atom is -0.489 e. The van der Waals surface area contributed by atoms with Crippen molar-refractivity contribution in [2.24, 2.45) is 0 Å². The maximum atomic E-state index is 12.2. The molecule has 16 heavy (non-hydrogen) atoms. The number of hydrogen-bond acceptors (Lipinski definition) is 3. The van der Waals surface area contributed by atoms with Crippen LogP contribution < -0.4 is 4.74 Å². The fourth-order valence-electron chi connectivity index (χ4n) is 1.11. The van der Waals surface area contributed by atoms with Gasteiger partial charge in [0.1, 0.15) is 5.75 Å². The van der Waals surface area contributed by atoms with Gasteiger partial charge in [0.15, 0.2) is 6.10 Å². The highest BCUT2D eigenvalue weighted by Crippen LogP contribution is 2.33. The Bertz CT molecular complexity index is 352. The van der Waals surface area contributed by atoms with Crippen molar-refractivity contribution in [1.29, 1.82) is 0 Å². The predicted molar refractivity (Wildman–Crippen MR) is 51.0 cm³/mol. The Morgan fingerprint density at radius 2 is 1.94 bits per heavy atom. The van der Waals surface area contributed by atoms with Crippen molar-refractivity contribution in [2.75, 3.05) is 0 Å². The van der Waals surface area contributed by atoms with Gasteiger partial charge < -0.3 is 9.84 Å². The van der Waals surface area contributed by atoms with E-state index in [-0.39, 0.29) is 17.4 Å². The van der Waals surface area contributed by atoms with Gasteiger partial charge in [-0.05, 0) is 19.9 Å². The molecule has 1 heterocycles. The lowest BCUT2D eigenvalue weighted by Crippen LogP contribution is -2.20. The van der Waals surface area contributed by atoms with Crippen molar-refractivity contribution in [3.63, 3.8) is 0 Å². The van der Waals surface area contributed by atoms with Crippen LogP contribution in [-0.4, -0.2) is 22.4 Å². The third-order valence-corrected chi connectivity index (χ3v) is 1.73. The van der Waals surface area contributed by atoms with Crippen molar-refractivity contribution in [2.45, 2.75) is 32.2 Å². The summed E-state index contributed by atoms with van der Waals surface area (Å²) >= 11 is 0. The van der Waals surface area contributed by atoms with Crippen LogP contribution in [0.15, 0.2) is 18.5 Å². The lowest BCUT2D eigenvalue weighted by Gasteiger charge is -2.16. The quantitative estimate of drug-likeness (QED) is 0.875. The Labute approximate surface area is 90.9 Å². The zero-order chi connectivity index (χ0) is 12.3. The molecule has 3 nitrogen and oxygen atoms in total. The van der Waals surface area contributed by atoms with Gasteiger partial charge >= 0.3 is 6.18 Å². The average molecular weight is 235 g/mol. The SMILES string of the molecule is CC(C)Oc1cncc([C@H](O)C(F)(F)F)c1. The summed E-state index contributed by atoms with van der Waals surface area (Å²) in [5.74, 6) is 0.204. The summed E-state index contributed by atoms with van der Waals surface area (Å²) in [5.41, 5.74) is -0.328. The second kappa shape index (κ2) is 4.69. The number of pyridine rings is 1. The number of halogens is 3. The second-order valence-electron chi connectivity index (χ2n) is 3.56. The topological polar surface area (TPSA) is 42.4 Å². The molecular formula is C10H12F3NO2. The van der Waals surface area contributed by atoms with Crippen molar-refractivity contribution in [3.8, 4) is 5.75 Å². The molecule has 6 heteroatoms. The Morgan fingerprint density at radius 3 is 2.44 bits per heavy atom. The standard InChI is InChI=1S/C10H12F3NO2/c1-6(2)16-8-3-7(4-14-5-8)9(15)10(11,12)13/h3-6,9,15H,1-2H3/t9-/m0/s1. The molecule has 1 atom stereocenters. The maximum Gasteiger partial charge on any atom is 0.418 e. The molecule has 0 spiro atoms. The zero-order valence-electron chi connectivity index (χ0n) is 8.82. The van der Waals surface area contributed by atoms with Crippen molar-refractivity contribution in [3.05, 3.63) is 24.0 Å². The maximum absolute atomic E-state index is 12.2. The highest BCUT2D eigenvalue weighted by atomic mass is 19.4. The molecular weight excluding hydrogens is 223 g/mol. The van der Waals surface area contributed by atoms with Gasteiger partial charge in [-0.3, -0.25) is 4.98 Å². The van der Waals surface area contributed by atoms with E-state index in [1.807, 2.05) is 0 Å². The lowest BCUT2D eigenvalue weighted by atomic mass is 10.1. The van der Waals surface area contributed by atoms with E-state index in [4.69, 9.17) is 9.84 Å². The Hall–Kier alpha value is -1.30. The minimum atomic E-state index is -4.70. The Morgan fingerprint density at radius 1 is 1.31 bits per heavy atom. The van der Waals surface area contributed by atoms with Gasteiger partial charge in [0.05, 0.1) is 12.3 Å². The Kier molecular flexibility index (Phi) is 3.74. The molecule has 0 aliphatic rings. The molecule has 0 amide bonds. The smallest absolute Gasteiger partial charge is 0.418 e. The number of aromatic nitrogens is 1. The van der Waals surface area contributed by atoms with Crippen LogP contribution in [0.4, 0.5) is 13.2 Å². The van der Waals surface area contributed by atoms with E-state index in [2.05, 4.69) is 4.98 Å². The lowest BCUT2D eigenvalue weighted by molar-refractivity contribution is -0.206. The number of alkyl halides is 3. The van der Waals surface area contributed by atoms with Crippen molar-refractivity contribution in [1.82, 2.24) is 4.98 Å². The molecule has 0 aromatic carbocycles. The fourth-order valence-corrected chi connectivity index (χ4v) is 1.11. The highest BCUT2D eigenvalue weighted by molar-refractivity contribution is 5.26. The molecule has 0 fully saturated rings. The van der Waals surface area contributed by atoms with Crippen LogP contribution in [0.25, 0.3) is 0 Å². The molecule has 0 unspecified atom stereocenters. The highest BCUT2D eigenvalue weighted by Gasteiger charge is 2.39. The summed E-state index contributed by atoms with van der Waals surface area (Å²) in [4.78, 5) is 3.59. The summed E-state index contributed by atoms with van der Waals surface area (Å²) in [5, 5.41) is 9.00. The van der Waals surface area contributed by atoms with E-state index in [1.165, 1.54) is 6.20 Å². The van der Waals surface area contributed by atoms with Crippen LogP contribution in [0.3, 0.4) is 0 Å². The van der Waals surface area contributed by atoms with Crippen LogP contribution in [0.1, 0.15) is 25.5 Å². The van der Waals surface area contributed by atoms with Gasteiger partial charge in [-0.15, -0.1) is 0 Å². The molecule has 1 N–H and O–H groups in total. The van der Waals surface area contributed by atoms with E-state index < -0.39 is 12.3 Å². The third-order valence-electron chi connectivity index (χ3n) is 1.73. The van der Waals surface area contributed by atoms with Crippen LogP contribution in [0, 0.1) is 0 Å². The first kappa shape index (κ1) is 12.8. The van der Waals surface area contributed by atoms with E-state index in [9.17, 15) is 13.2 Å². The summed E-state index contributed by atoms with van der Waals surface area (Å²) < 4.78 is 41.8. The van der Waals surface area contributed by atoms with Gasteiger partial charge in [-0.25, -0.2) is 0 Å². The van der Waals surface area contributed by atoms with E-state index in [0.717, 1.165) is 12.3 Å². The van der Waals surface area contributed by atoms with Gasteiger partial charge in [0, 0.05) is 11.8 Å². The number of nitrogens with zero attached hydrogens (tertiary/aromatic N) is 1. The monoisotopic (exact) mass is 235 g/mol. The van der Waals surface area contributed by atoms with Gasteiger partial charge in [-0.2, -0.15) is 13.2 Å². The van der Waals surface area contributed by atoms with Crippen molar-refractivity contribution >= 4 is 0 Å². The third kappa shape index (κ3) is 3.37. The first-order valence-corrected chi connectivity index (χ1v) is 4.67. The van der Waals surface area contributed by atoms with Crippen LogP contribution in [-0.2, 0) is 0 Å². The minimum absolute atomic E-state index is 0.167. The summed E-state index contributed by atoms with van der Waals surface area (Å²) in [6.45, 7) is 3.49. The van der Waals surface area contributed by atoms with Gasteiger partial charge in [0.25, 0.3) is 0 Å². The van der Waals surface area contributed by atoms with Crippen LogP contribution >= 0.6 is 0 Å². The molecule has 0 radical (unpaired) electrons. The van der Waals surface area contributed by atoms with E-state index in [1.54, 1.807) is 13.8 Å². The summed E-state index contributed by atoms with van der Waals surface area (Å²) in [6.07, 6.45) is -5.13. The van der Waals surface area contributed by atoms with Crippen LogP contribution in [0.5, 0.6) is 5.75 Å². The summed E-state index contributed by atoms with van der Waals surface area (Å²) in [6, 6.07) is 1.13. The second-order valence-corrected chi connectivity index (χ2v) is 3.56. The largest absolute Gasteiger partial charge is 0.489 e. The van der Waals surface area contributed by atoms with E-state index >= 15 is 0 Å². The molecule has 0 saturated heterocycles. The first-order chi connectivity index (χ1) is 7.30. The number of hydrogen-bond donors (Lipinski definition) is 1. The predicted octanol–water partition coefficient (Wildman–Crippen LogP) is 2.46. The molecule has 0 saturated carbocycles. The van der Waals surface area contributed by atoms with Crippen molar-refractivity contribution < 1.29 is 23.0 Å². The summed E-state index contributed by atoms with van der Waals surface area (Å²) in [7, 11) is 0. The first-order valence-electron chi connectivity index (χ1n) is 4.67. The molecule has 0 aliphatic carbocycles. The van der Waals surface area contributed by atoms with E-state index in [0.29, 0.717) is 0 Å². The van der Waals surface area contributed by atoms with Gasteiger partial charge in [0.2, 0.25) is 0 Å². The normalized spacial score (nSPS) is 13.9. The fraction of sp³-hybridized carbons (Fsp3) is 0.500. The van der Waals surface area contributed by atoms with Gasteiger partial charge in [-0.1, -0.05) is 0 Å². The number of aliphatic hydroxyl groups is 1. The number of rotatable bonds is 3. The number of aliphatic hydroxyl groups excluding tert-OH is 1. The molecule has 0 bridgehead atoms. The number of ether oxygens (including phenoxy) is 1. The molecule has 0 aliphatic heterocycles. The molecule has 1 aromatic heterocycles. The van der Waals surface area contributed by atoms with Crippen LogP contribution in [0.2, 0.25) is 0 Å². The average Bonchev–Trinajstić information content (AvgIpc) is 2.14. The Balaban J connectivity index is 2.90. The molecule has 90 valence electrons. The molecule has 1 aromatic rings.